The Hall–Kier alpha value is -2.68. The molecule has 3 heterocycles. The van der Waals surface area contributed by atoms with Gasteiger partial charge in [0.1, 0.15) is 5.75 Å². The Labute approximate surface area is 212 Å². The fourth-order valence-electron chi connectivity index (χ4n) is 5.15. The van der Waals surface area contributed by atoms with Crippen molar-refractivity contribution in [3.05, 3.63) is 59.3 Å². The summed E-state index contributed by atoms with van der Waals surface area (Å²) < 4.78 is 8.19. The summed E-state index contributed by atoms with van der Waals surface area (Å²) in [5.74, 6) is 0.124. The number of carboxylic acid groups (broad SMARTS) is 1. The molecule has 3 aromatic rings. The second-order valence-corrected chi connectivity index (χ2v) is 10.4. The van der Waals surface area contributed by atoms with Gasteiger partial charge in [-0.2, -0.15) is 0 Å². The van der Waals surface area contributed by atoms with Crippen LogP contribution in [-0.2, 0) is 6.54 Å². The number of H-pyrrole nitrogens is 1. The number of ether oxygens (including phenoxy) is 1. The molecule has 2 aromatic carbocycles. The lowest BCUT2D eigenvalue weighted by Crippen LogP contribution is -2.57. The first-order valence-corrected chi connectivity index (χ1v) is 13.2. The number of anilines is 1. The predicted octanol–water partition coefficient (Wildman–Crippen LogP) is 5.09. The van der Waals surface area contributed by atoms with Crippen molar-refractivity contribution in [3.63, 3.8) is 0 Å². The van der Waals surface area contributed by atoms with E-state index in [0.717, 1.165) is 18.0 Å². The summed E-state index contributed by atoms with van der Waals surface area (Å²) in [4.78, 5) is 16.4. The molecule has 0 radical (unpaired) electrons. The Balaban J connectivity index is 0.000000221. The number of likely N-dealkylation sites (tertiary alicyclic amines) is 1. The predicted molar refractivity (Wildman–Crippen MR) is 145 cm³/mol. The van der Waals surface area contributed by atoms with Gasteiger partial charge in [-0.25, -0.2) is 9.10 Å². The van der Waals surface area contributed by atoms with Gasteiger partial charge >= 0.3 is 5.97 Å². The monoisotopic (exact) mass is 496 g/mol. The normalized spacial score (nSPS) is 17.5. The van der Waals surface area contributed by atoms with E-state index in [9.17, 15) is 4.79 Å². The Kier molecular flexibility index (Phi) is 7.94. The fraction of sp³-hybridized carbons (Fsp3) is 0.444. The van der Waals surface area contributed by atoms with Crippen molar-refractivity contribution < 1.29 is 14.6 Å². The van der Waals surface area contributed by atoms with Crippen LogP contribution >= 0.6 is 11.9 Å². The highest BCUT2D eigenvalue weighted by Gasteiger charge is 2.44. The van der Waals surface area contributed by atoms with Crippen molar-refractivity contribution >= 4 is 34.5 Å². The lowest BCUT2D eigenvalue weighted by molar-refractivity contribution is 0.00424. The van der Waals surface area contributed by atoms with E-state index in [4.69, 9.17) is 9.84 Å². The molecule has 5 rings (SSSR count). The molecule has 0 unspecified atom stereocenters. The molecule has 2 aliphatic heterocycles. The molecule has 35 heavy (non-hydrogen) atoms. The van der Waals surface area contributed by atoms with E-state index >= 15 is 0 Å². The summed E-state index contributed by atoms with van der Waals surface area (Å²) in [6, 6.07) is 11.0. The highest BCUT2D eigenvalue weighted by Crippen LogP contribution is 2.43. The van der Waals surface area contributed by atoms with E-state index in [0.29, 0.717) is 11.0 Å². The molecule has 0 aliphatic carbocycles. The fourth-order valence-corrected chi connectivity index (χ4v) is 5.95. The Morgan fingerprint density at radius 2 is 1.97 bits per heavy atom. The van der Waals surface area contributed by atoms with Gasteiger partial charge in [0.15, 0.2) is 0 Å². The van der Waals surface area contributed by atoms with Crippen LogP contribution in [0.3, 0.4) is 0 Å². The first-order valence-electron chi connectivity index (χ1n) is 12.0. The Bertz CT molecular complexity index is 1160. The number of hydrogen-bond donors (Lipinski definition) is 3. The number of nitrogens with one attached hydrogen (secondary N) is 2. The molecular formula is C27H36N4O3S. The Morgan fingerprint density at radius 1 is 1.23 bits per heavy atom. The van der Waals surface area contributed by atoms with Crippen molar-refractivity contribution in [3.8, 4) is 5.75 Å². The Morgan fingerprint density at radius 3 is 2.60 bits per heavy atom. The zero-order chi connectivity index (χ0) is 25.0. The van der Waals surface area contributed by atoms with Crippen LogP contribution in [0.4, 0.5) is 5.69 Å². The topological polar surface area (TPSA) is 80.8 Å². The second-order valence-electron chi connectivity index (χ2n) is 9.53. The largest absolute Gasteiger partial charge is 0.496 e. The summed E-state index contributed by atoms with van der Waals surface area (Å²) in [6.07, 6.45) is 6.88. The smallest absolute Gasteiger partial charge is 0.335 e. The van der Waals surface area contributed by atoms with Gasteiger partial charge in [-0.15, -0.1) is 0 Å². The average Bonchev–Trinajstić information content (AvgIpc) is 3.36. The van der Waals surface area contributed by atoms with E-state index < -0.39 is 5.97 Å². The third-order valence-electron chi connectivity index (χ3n) is 7.31. The van der Waals surface area contributed by atoms with Gasteiger partial charge in [0, 0.05) is 60.4 Å². The first kappa shape index (κ1) is 25.4. The number of aromatic carboxylic acids is 1. The summed E-state index contributed by atoms with van der Waals surface area (Å²) >= 11 is 1.89. The maximum atomic E-state index is 10.4. The number of aromatic amines is 1. The molecule has 0 atom stereocenters. The number of benzene rings is 2. The molecule has 0 bridgehead atoms. The minimum absolute atomic E-state index is 0.303. The van der Waals surface area contributed by atoms with E-state index in [1.54, 1.807) is 32.4 Å². The maximum absolute atomic E-state index is 10.4. The van der Waals surface area contributed by atoms with Gasteiger partial charge in [0.2, 0.25) is 0 Å². The number of rotatable bonds is 6. The lowest BCUT2D eigenvalue weighted by atomic mass is 9.73. The van der Waals surface area contributed by atoms with Gasteiger partial charge < -0.3 is 20.1 Å². The molecule has 1 aromatic heterocycles. The molecule has 0 amide bonds. The van der Waals surface area contributed by atoms with Gasteiger partial charge in [0.05, 0.1) is 12.7 Å². The quantitative estimate of drug-likeness (QED) is 0.410. The van der Waals surface area contributed by atoms with Gasteiger partial charge in [0.25, 0.3) is 0 Å². The number of carbonyl (C=O) groups is 1. The van der Waals surface area contributed by atoms with E-state index in [1.807, 2.05) is 24.2 Å². The first-order chi connectivity index (χ1) is 16.9. The number of piperidine rings is 1. The number of hydrogen-bond acceptors (Lipinski definition) is 6. The highest BCUT2D eigenvalue weighted by molar-refractivity contribution is 7.96. The number of fused-ring (bicyclic) bond motifs is 1. The molecule has 0 saturated carbocycles. The van der Waals surface area contributed by atoms with Crippen molar-refractivity contribution in [1.82, 2.24) is 14.2 Å². The minimum Gasteiger partial charge on any atom is -0.496 e. The number of nitrogens with zero attached hydrogens (tertiary/aromatic N) is 2. The number of aromatic nitrogens is 1. The van der Waals surface area contributed by atoms with Gasteiger partial charge in [-0.05, 0) is 75.0 Å². The molecule has 1 spiro atoms. The standard InChI is InChI=1S/C19H27N3OS.C8H9NO2/c1-14-10-17(23-2)16(15-4-7-20-18(14)15)11-21-8-5-19(6-9-21)12-22(13-19)24-3;1-9-7-4-2-3-6(5-7)8(10)11/h4,7,10,20H,5-6,8-9,11-13H2,1-3H3;2-5,9H,1H3,(H,10,11). The van der Waals surface area contributed by atoms with Gasteiger partial charge in [-0.1, -0.05) is 18.0 Å². The van der Waals surface area contributed by atoms with Crippen LogP contribution in [0.5, 0.6) is 5.75 Å². The highest BCUT2D eigenvalue weighted by atomic mass is 32.2. The third-order valence-corrected chi connectivity index (χ3v) is 8.08. The van der Waals surface area contributed by atoms with Crippen molar-refractivity contribution in [1.29, 1.82) is 0 Å². The summed E-state index contributed by atoms with van der Waals surface area (Å²) in [5, 5.41) is 12.7. The molecule has 2 saturated heterocycles. The molecule has 2 aliphatic rings. The van der Waals surface area contributed by atoms with Crippen molar-refractivity contribution in [2.45, 2.75) is 26.3 Å². The van der Waals surface area contributed by atoms with Crippen molar-refractivity contribution in [2.75, 3.05) is 51.9 Å². The molecule has 8 heteroatoms. The lowest BCUT2D eigenvalue weighted by Gasteiger charge is -2.53. The van der Waals surface area contributed by atoms with Crippen LogP contribution in [-0.4, -0.2) is 71.9 Å². The number of methoxy groups -OCH3 is 1. The maximum Gasteiger partial charge on any atom is 0.335 e. The SMILES string of the molecule is CNc1cccc(C(=O)O)c1.COc1cc(C)c2[nH]ccc2c1CN1CCC2(CC1)CN(SC)C2. The molecule has 2 fully saturated rings. The molecule has 3 N–H and O–H groups in total. The minimum atomic E-state index is -0.901. The zero-order valence-corrected chi connectivity index (χ0v) is 21.9. The van der Waals surface area contributed by atoms with Crippen LogP contribution in [0.25, 0.3) is 10.9 Å². The second kappa shape index (κ2) is 10.9. The number of aryl methyl sites for hydroxylation is 1. The molecule has 7 nitrogen and oxygen atoms in total. The van der Waals surface area contributed by atoms with Crippen LogP contribution in [0.15, 0.2) is 42.6 Å². The van der Waals surface area contributed by atoms with E-state index in [2.05, 4.69) is 44.8 Å². The van der Waals surface area contributed by atoms with Crippen LogP contribution in [0.2, 0.25) is 0 Å². The van der Waals surface area contributed by atoms with Crippen LogP contribution in [0.1, 0.15) is 34.3 Å². The van der Waals surface area contributed by atoms with E-state index in [-0.39, 0.29) is 0 Å². The number of carboxylic acids is 1. The summed E-state index contributed by atoms with van der Waals surface area (Å²) in [5.41, 5.74) is 5.53. The van der Waals surface area contributed by atoms with Crippen LogP contribution in [0, 0.1) is 12.3 Å². The average molecular weight is 497 g/mol. The summed E-state index contributed by atoms with van der Waals surface area (Å²) in [6.45, 7) is 8.08. The van der Waals surface area contributed by atoms with E-state index in [1.165, 1.54) is 61.1 Å². The molecule has 188 valence electrons. The van der Waals surface area contributed by atoms with Crippen LogP contribution < -0.4 is 10.1 Å². The third kappa shape index (κ3) is 5.60. The van der Waals surface area contributed by atoms with Crippen molar-refractivity contribution in [2.24, 2.45) is 5.41 Å². The molecular weight excluding hydrogens is 460 g/mol. The zero-order valence-electron chi connectivity index (χ0n) is 21.1. The van der Waals surface area contributed by atoms with Gasteiger partial charge in [-0.3, -0.25) is 4.90 Å². The summed E-state index contributed by atoms with van der Waals surface area (Å²) in [7, 11) is 3.54.